The second kappa shape index (κ2) is 7.00. The summed E-state index contributed by atoms with van der Waals surface area (Å²) in [5.41, 5.74) is 1.67. The minimum Gasteiger partial charge on any atom is -0.504 e. The van der Waals surface area contributed by atoms with Crippen LogP contribution >= 0.6 is 22.6 Å². The first kappa shape index (κ1) is 16.4. The summed E-state index contributed by atoms with van der Waals surface area (Å²) in [6.07, 6.45) is 4.80. The largest absolute Gasteiger partial charge is 0.504 e. The summed E-state index contributed by atoms with van der Waals surface area (Å²) in [7, 11) is 0. The van der Waals surface area contributed by atoms with Crippen LogP contribution in [0.2, 0.25) is 0 Å². The number of para-hydroxylation sites is 1. The number of rotatable bonds is 4. The summed E-state index contributed by atoms with van der Waals surface area (Å²) in [5.74, 6) is -0.598. The van der Waals surface area contributed by atoms with Gasteiger partial charge < -0.3 is 10.4 Å². The Morgan fingerprint density at radius 2 is 2.08 bits per heavy atom. The van der Waals surface area contributed by atoms with Crippen molar-refractivity contribution in [1.29, 1.82) is 0 Å². The van der Waals surface area contributed by atoms with Gasteiger partial charge in [0.25, 0.3) is 5.91 Å². The zero-order valence-corrected chi connectivity index (χ0v) is 15.0. The van der Waals surface area contributed by atoms with Crippen LogP contribution in [-0.4, -0.2) is 25.8 Å². The average Bonchev–Trinajstić information content (AvgIpc) is 2.97. The number of halogens is 1. The molecule has 0 aliphatic heterocycles. The van der Waals surface area contributed by atoms with Gasteiger partial charge in [-0.25, -0.2) is 4.68 Å². The number of benzene rings is 1. The Morgan fingerprint density at radius 1 is 1.29 bits per heavy atom. The first-order valence-corrected chi connectivity index (χ1v) is 8.38. The highest BCUT2D eigenvalue weighted by molar-refractivity contribution is 14.1. The highest BCUT2D eigenvalue weighted by Crippen LogP contribution is 2.22. The molecule has 3 aromatic rings. The van der Waals surface area contributed by atoms with E-state index in [0.29, 0.717) is 0 Å². The van der Waals surface area contributed by atoms with Gasteiger partial charge in [-0.1, -0.05) is 18.2 Å². The Balaban J connectivity index is 1.82. The van der Waals surface area contributed by atoms with E-state index in [4.69, 9.17) is 0 Å². The maximum absolute atomic E-state index is 12.4. The first-order chi connectivity index (χ1) is 11.6. The fourth-order valence-electron chi connectivity index (χ4n) is 2.27. The smallest absolute Gasteiger partial charge is 0.276 e. The van der Waals surface area contributed by atoms with Gasteiger partial charge in [0.15, 0.2) is 11.4 Å². The van der Waals surface area contributed by atoms with Gasteiger partial charge in [0, 0.05) is 16.0 Å². The monoisotopic (exact) mass is 434 g/mol. The van der Waals surface area contributed by atoms with Gasteiger partial charge in [-0.15, -0.1) is 0 Å². The maximum Gasteiger partial charge on any atom is 0.276 e. The third-order valence-corrected chi connectivity index (χ3v) is 4.45. The van der Waals surface area contributed by atoms with E-state index in [1.165, 1.54) is 10.9 Å². The quantitative estimate of drug-likeness (QED) is 0.619. The SMILES string of the molecule is C[C@@H](NC(=O)c1nn(-c2ccccc2I)cc1O)c1cccnc1. The predicted molar refractivity (Wildman–Crippen MR) is 98.1 cm³/mol. The molecule has 122 valence electrons. The number of aromatic hydroxyl groups is 1. The van der Waals surface area contributed by atoms with E-state index in [-0.39, 0.29) is 17.5 Å². The second-order valence-corrected chi connectivity index (χ2v) is 6.40. The fraction of sp³-hybridized carbons (Fsp3) is 0.118. The number of carbonyl (C=O) groups is 1. The number of nitrogens with zero attached hydrogens (tertiary/aromatic N) is 3. The van der Waals surface area contributed by atoms with Gasteiger partial charge in [-0.05, 0) is 53.3 Å². The second-order valence-electron chi connectivity index (χ2n) is 5.24. The minimum atomic E-state index is -0.437. The molecule has 2 heterocycles. The van der Waals surface area contributed by atoms with Crippen LogP contribution in [0.25, 0.3) is 5.69 Å². The molecule has 1 aromatic carbocycles. The predicted octanol–water partition coefficient (Wildman–Crippen LogP) is 3.07. The summed E-state index contributed by atoms with van der Waals surface area (Å²) in [6.45, 7) is 1.85. The summed E-state index contributed by atoms with van der Waals surface area (Å²) in [5, 5.41) is 17.1. The number of carbonyl (C=O) groups excluding carboxylic acids is 1. The van der Waals surface area contributed by atoms with Crippen molar-refractivity contribution >= 4 is 28.5 Å². The van der Waals surface area contributed by atoms with E-state index in [9.17, 15) is 9.90 Å². The Hall–Kier alpha value is -2.42. The standard InChI is InChI=1S/C17H15IN4O2/c1-11(12-5-4-8-19-9-12)20-17(24)16-15(23)10-22(21-16)14-7-3-2-6-13(14)18/h2-11,23H,1H3,(H,20,24)/t11-/m1/s1. The van der Waals surface area contributed by atoms with Crippen LogP contribution in [0.15, 0.2) is 55.0 Å². The third kappa shape index (κ3) is 3.40. The Bertz CT molecular complexity index is 864. The van der Waals surface area contributed by atoms with Crippen molar-refractivity contribution in [2.24, 2.45) is 0 Å². The number of amides is 1. The molecule has 0 spiro atoms. The van der Waals surface area contributed by atoms with E-state index in [0.717, 1.165) is 14.8 Å². The molecule has 0 unspecified atom stereocenters. The number of hydrogen-bond donors (Lipinski definition) is 2. The molecular weight excluding hydrogens is 419 g/mol. The van der Waals surface area contributed by atoms with Crippen LogP contribution in [0.5, 0.6) is 5.75 Å². The molecule has 0 saturated heterocycles. The molecule has 24 heavy (non-hydrogen) atoms. The van der Waals surface area contributed by atoms with Crippen LogP contribution in [-0.2, 0) is 0 Å². The molecule has 2 aromatic heterocycles. The van der Waals surface area contributed by atoms with Crippen molar-refractivity contribution in [1.82, 2.24) is 20.1 Å². The number of hydrogen-bond acceptors (Lipinski definition) is 4. The highest BCUT2D eigenvalue weighted by atomic mass is 127. The Morgan fingerprint density at radius 3 is 2.79 bits per heavy atom. The van der Waals surface area contributed by atoms with Gasteiger partial charge in [-0.3, -0.25) is 9.78 Å². The van der Waals surface area contributed by atoms with E-state index in [1.54, 1.807) is 12.4 Å². The zero-order valence-electron chi connectivity index (χ0n) is 12.8. The molecule has 0 radical (unpaired) electrons. The topological polar surface area (TPSA) is 80.0 Å². The highest BCUT2D eigenvalue weighted by Gasteiger charge is 2.20. The summed E-state index contributed by atoms with van der Waals surface area (Å²) in [6, 6.07) is 11.0. The first-order valence-electron chi connectivity index (χ1n) is 7.30. The van der Waals surface area contributed by atoms with Crippen LogP contribution in [0.1, 0.15) is 29.0 Å². The van der Waals surface area contributed by atoms with Gasteiger partial charge in [0.1, 0.15) is 0 Å². The molecule has 6 nitrogen and oxygen atoms in total. The van der Waals surface area contributed by atoms with E-state index in [1.807, 2.05) is 43.3 Å². The van der Waals surface area contributed by atoms with Crippen molar-refractivity contribution in [3.8, 4) is 11.4 Å². The molecule has 3 rings (SSSR count). The molecular formula is C17H15IN4O2. The normalized spacial score (nSPS) is 11.9. The molecule has 2 N–H and O–H groups in total. The van der Waals surface area contributed by atoms with Crippen molar-refractivity contribution in [3.63, 3.8) is 0 Å². The summed E-state index contributed by atoms with van der Waals surface area (Å²) in [4.78, 5) is 16.4. The van der Waals surface area contributed by atoms with Crippen LogP contribution in [0.3, 0.4) is 0 Å². The lowest BCUT2D eigenvalue weighted by atomic mass is 10.1. The Labute approximate surface area is 152 Å². The molecule has 7 heteroatoms. The van der Waals surface area contributed by atoms with E-state index >= 15 is 0 Å². The fourth-order valence-corrected chi connectivity index (χ4v) is 2.90. The van der Waals surface area contributed by atoms with Gasteiger partial charge in [-0.2, -0.15) is 5.10 Å². The number of aromatic nitrogens is 3. The van der Waals surface area contributed by atoms with E-state index < -0.39 is 5.91 Å². The van der Waals surface area contributed by atoms with Gasteiger partial charge in [0.2, 0.25) is 0 Å². The molecule has 0 saturated carbocycles. The Kier molecular flexibility index (Phi) is 4.79. The molecule has 0 fully saturated rings. The maximum atomic E-state index is 12.4. The number of nitrogens with one attached hydrogen (secondary N) is 1. The van der Waals surface area contributed by atoms with Crippen molar-refractivity contribution < 1.29 is 9.90 Å². The lowest BCUT2D eigenvalue weighted by molar-refractivity contribution is 0.0931. The summed E-state index contributed by atoms with van der Waals surface area (Å²) >= 11 is 2.18. The number of pyridine rings is 1. The van der Waals surface area contributed by atoms with Crippen molar-refractivity contribution in [3.05, 3.63) is 69.8 Å². The third-order valence-electron chi connectivity index (χ3n) is 3.54. The molecule has 0 aliphatic carbocycles. The molecule has 1 atom stereocenters. The lowest BCUT2D eigenvalue weighted by Crippen LogP contribution is -2.27. The average molecular weight is 434 g/mol. The van der Waals surface area contributed by atoms with Gasteiger partial charge >= 0.3 is 0 Å². The molecule has 1 amide bonds. The summed E-state index contributed by atoms with van der Waals surface area (Å²) < 4.78 is 2.47. The zero-order chi connectivity index (χ0) is 17.1. The van der Waals surface area contributed by atoms with Crippen LogP contribution in [0.4, 0.5) is 0 Å². The van der Waals surface area contributed by atoms with Crippen LogP contribution < -0.4 is 5.32 Å². The van der Waals surface area contributed by atoms with Crippen LogP contribution in [0, 0.1) is 3.57 Å². The van der Waals surface area contributed by atoms with Crippen molar-refractivity contribution in [2.45, 2.75) is 13.0 Å². The lowest BCUT2D eigenvalue weighted by Gasteiger charge is -2.12. The molecule has 0 bridgehead atoms. The minimum absolute atomic E-state index is 0.00890. The van der Waals surface area contributed by atoms with Crippen molar-refractivity contribution in [2.75, 3.05) is 0 Å². The molecule has 0 aliphatic rings. The van der Waals surface area contributed by atoms with E-state index in [2.05, 4.69) is 38.0 Å². The van der Waals surface area contributed by atoms with Gasteiger partial charge in [0.05, 0.1) is 17.9 Å².